The Morgan fingerprint density at radius 3 is 2.57 bits per heavy atom. The van der Waals surface area contributed by atoms with Gasteiger partial charge in [-0.3, -0.25) is 4.68 Å². The van der Waals surface area contributed by atoms with Gasteiger partial charge in [-0.15, -0.1) is 0 Å². The molecule has 0 aliphatic rings. The Morgan fingerprint density at radius 2 is 2.00 bits per heavy atom. The summed E-state index contributed by atoms with van der Waals surface area (Å²) in [7, 11) is 7.69. The summed E-state index contributed by atoms with van der Waals surface area (Å²) in [5.74, 6) is -0.973. The van der Waals surface area contributed by atoms with Crippen molar-refractivity contribution in [1.29, 1.82) is 0 Å². The highest BCUT2D eigenvalue weighted by Gasteiger charge is 2.21. The zero-order valence-corrected chi connectivity index (χ0v) is 13.1. The van der Waals surface area contributed by atoms with Crippen molar-refractivity contribution in [2.45, 2.75) is 6.92 Å². The summed E-state index contributed by atoms with van der Waals surface area (Å²) in [4.78, 5) is 19.8. The number of likely N-dealkylation sites (N-methyl/N-ethyl adjacent to an activating group) is 2. The number of carboxylic acids is 1. The Balaban J connectivity index is 2.61. The third-order valence-electron chi connectivity index (χ3n) is 3.49. The molecular weight excluding hydrogens is 270 g/mol. The minimum absolute atomic E-state index is 0.208. The number of carbonyl (C=O) groups is 1. The number of aromatic nitrogens is 3. The largest absolute Gasteiger partial charge is 0.478 e. The maximum atomic E-state index is 11.5. The molecule has 2 aromatic rings. The van der Waals surface area contributed by atoms with Crippen LogP contribution in [0.15, 0.2) is 6.20 Å². The van der Waals surface area contributed by atoms with Gasteiger partial charge < -0.3 is 14.9 Å². The lowest BCUT2D eigenvalue weighted by Gasteiger charge is -2.24. The quantitative estimate of drug-likeness (QED) is 0.885. The Morgan fingerprint density at radius 1 is 1.33 bits per heavy atom. The molecule has 2 heterocycles. The average Bonchev–Trinajstić information content (AvgIpc) is 2.70. The molecule has 0 fully saturated rings. The highest BCUT2D eigenvalue weighted by Crippen LogP contribution is 2.31. The van der Waals surface area contributed by atoms with Gasteiger partial charge in [0.2, 0.25) is 0 Å². The summed E-state index contributed by atoms with van der Waals surface area (Å²) in [5, 5.41) is 14.6. The van der Waals surface area contributed by atoms with Crippen molar-refractivity contribution in [1.82, 2.24) is 19.7 Å². The molecule has 7 heteroatoms. The van der Waals surface area contributed by atoms with Crippen LogP contribution in [0.4, 0.5) is 5.69 Å². The molecule has 0 aliphatic carbocycles. The fraction of sp³-hybridized carbons (Fsp3) is 0.500. The molecule has 0 spiro atoms. The number of pyridine rings is 1. The van der Waals surface area contributed by atoms with E-state index in [1.807, 2.05) is 40.0 Å². The Labute approximate surface area is 123 Å². The van der Waals surface area contributed by atoms with Crippen molar-refractivity contribution in [3.05, 3.63) is 17.5 Å². The Bertz CT molecular complexity index is 678. The molecule has 21 heavy (non-hydrogen) atoms. The molecule has 0 unspecified atom stereocenters. The summed E-state index contributed by atoms with van der Waals surface area (Å²) < 4.78 is 1.68. The van der Waals surface area contributed by atoms with Gasteiger partial charge in [0.15, 0.2) is 5.65 Å². The SMILES string of the molecule is Cc1nn(C)c2ncc(C(=O)O)c(N(C)CCN(C)C)c12. The molecule has 0 amide bonds. The molecule has 0 aromatic carbocycles. The lowest BCUT2D eigenvalue weighted by atomic mass is 10.1. The Kier molecular flexibility index (Phi) is 4.13. The molecule has 0 bridgehead atoms. The second kappa shape index (κ2) is 5.69. The van der Waals surface area contributed by atoms with Crippen molar-refractivity contribution in [3.8, 4) is 0 Å². The fourth-order valence-electron chi connectivity index (χ4n) is 2.41. The highest BCUT2D eigenvalue weighted by molar-refractivity contribution is 6.04. The van der Waals surface area contributed by atoms with Crippen molar-refractivity contribution in [3.63, 3.8) is 0 Å². The van der Waals surface area contributed by atoms with Crippen molar-refractivity contribution >= 4 is 22.7 Å². The summed E-state index contributed by atoms with van der Waals surface area (Å²) in [6, 6.07) is 0. The van der Waals surface area contributed by atoms with E-state index in [2.05, 4.69) is 15.0 Å². The van der Waals surface area contributed by atoms with Gasteiger partial charge in [-0.05, 0) is 21.0 Å². The molecule has 0 aliphatic heterocycles. The van der Waals surface area contributed by atoms with Crippen LogP contribution in [0, 0.1) is 6.92 Å². The molecule has 1 N–H and O–H groups in total. The predicted octanol–water partition coefficient (Wildman–Crippen LogP) is 0.973. The number of nitrogens with zero attached hydrogens (tertiary/aromatic N) is 5. The fourth-order valence-corrected chi connectivity index (χ4v) is 2.41. The molecule has 0 atom stereocenters. The van der Waals surface area contributed by atoms with Crippen LogP contribution >= 0.6 is 0 Å². The summed E-state index contributed by atoms with van der Waals surface area (Å²) >= 11 is 0. The molecule has 0 saturated carbocycles. The van der Waals surface area contributed by atoms with Crippen LogP contribution in [-0.4, -0.2) is 65.0 Å². The van der Waals surface area contributed by atoms with E-state index >= 15 is 0 Å². The first-order valence-electron chi connectivity index (χ1n) is 6.74. The molecule has 2 rings (SSSR count). The van der Waals surface area contributed by atoms with Crippen molar-refractivity contribution < 1.29 is 9.90 Å². The van der Waals surface area contributed by atoms with Crippen LogP contribution in [0.25, 0.3) is 11.0 Å². The monoisotopic (exact) mass is 291 g/mol. The van der Waals surface area contributed by atoms with Gasteiger partial charge in [0, 0.05) is 33.4 Å². The Hall–Kier alpha value is -2.15. The van der Waals surface area contributed by atoms with Gasteiger partial charge >= 0.3 is 5.97 Å². The van der Waals surface area contributed by atoms with Gasteiger partial charge in [0.25, 0.3) is 0 Å². The lowest BCUT2D eigenvalue weighted by molar-refractivity contribution is 0.0697. The van der Waals surface area contributed by atoms with E-state index < -0.39 is 5.97 Å². The van der Waals surface area contributed by atoms with E-state index in [4.69, 9.17) is 0 Å². The van der Waals surface area contributed by atoms with Gasteiger partial charge in [-0.25, -0.2) is 9.78 Å². The first-order valence-corrected chi connectivity index (χ1v) is 6.74. The van der Waals surface area contributed by atoms with Gasteiger partial charge in [0.05, 0.1) is 16.8 Å². The van der Waals surface area contributed by atoms with Crippen LogP contribution in [-0.2, 0) is 7.05 Å². The van der Waals surface area contributed by atoms with Crippen LogP contribution in [0.3, 0.4) is 0 Å². The predicted molar refractivity (Wildman–Crippen MR) is 82.0 cm³/mol. The van der Waals surface area contributed by atoms with E-state index in [1.54, 1.807) is 4.68 Å². The summed E-state index contributed by atoms with van der Waals surface area (Å²) in [6.07, 6.45) is 1.41. The normalized spacial score (nSPS) is 11.3. The van der Waals surface area contributed by atoms with E-state index in [9.17, 15) is 9.90 Å². The van der Waals surface area contributed by atoms with E-state index in [1.165, 1.54) is 6.20 Å². The van der Waals surface area contributed by atoms with E-state index in [0.29, 0.717) is 11.3 Å². The molecular formula is C14H21N5O2. The first kappa shape index (κ1) is 15.2. The van der Waals surface area contributed by atoms with Gasteiger partial charge in [-0.1, -0.05) is 0 Å². The van der Waals surface area contributed by atoms with Crippen LogP contribution < -0.4 is 4.90 Å². The number of aromatic carboxylic acids is 1. The summed E-state index contributed by atoms with van der Waals surface area (Å²) in [5.41, 5.74) is 2.37. The minimum atomic E-state index is -0.973. The van der Waals surface area contributed by atoms with E-state index in [0.717, 1.165) is 24.2 Å². The standard InChI is InChI=1S/C14H21N5O2/c1-9-11-12(18(4)7-6-17(2)3)10(14(20)21)8-15-13(11)19(5)16-9/h8H,6-7H2,1-5H3,(H,20,21). The molecule has 0 radical (unpaired) electrons. The van der Waals surface area contributed by atoms with Crippen molar-refractivity contribution in [2.24, 2.45) is 7.05 Å². The maximum Gasteiger partial charge on any atom is 0.339 e. The van der Waals surface area contributed by atoms with Crippen LogP contribution in [0.5, 0.6) is 0 Å². The number of carboxylic acid groups (broad SMARTS) is 1. The molecule has 114 valence electrons. The average molecular weight is 291 g/mol. The topological polar surface area (TPSA) is 74.5 Å². The van der Waals surface area contributed by atoms with Crippen LogP contribution in [0.2, 0.25) is 0 Å². The van der Waals surface area contributed by atoms with Crippen molar-refractivity contribution in [2.75, 3.05) is 39.1 Å². The maximum absolute atomic E-state index is 11.5. The number of aryl methyl sites for hydroxylation is 2. The molecule has 0 saturated heterocycles. The highest BCUT2D eigenvalue weighted by atomic mass is 16.4. The van der Waals surface area contributed by atoms with Crippen LogP contribution in [0.1, 0.15) is 16.1 Å². The smallest absolute Gasteiger partial charge is 0.339 e. The number of rotatable bonds is 5. The number of hydrogen-bond donors (Lipinski definition) is 1. The second-order valence-electron chi connectivity index (χ2n) is 5.46. The van der Waals surface area contributed by atoms with Gasteiger partial charge in [0.1, 0.15) is 5.56 Å². The van der Waals surface area contributed by atoms with E-state index in [-0.39, 0.29) is 5.56 Å². The lowest BCUT2D eigenvalue weighted by Crippen LogP contribution is -2.29. The minimum Gasteiger partial charge on any atom is -0.478 e. The molecule has 7 nitrogen and oxygen atoms in total. The first-order chi connectivity index (χ1) is 9.82. The zero-order chi connectivity index (χ0) is 15.7. The molecule has 2 aromatic heterocycles. The van der Waals surface area contributed by atoms with Gasteiger partial charge in [-0.2, -0.15) is 5.10 Å². The summed E-state index contributed by atoms with van der Waals surface area (Å²) in [6.45, 7) is 3.43. The zero-order valence-electron chi connectivity index (χ0n) is 13.1. The number of anilines is 1. The second-order valence-corrected chi connectivity index (χ2v) is 5.46. The third kappa shape index (κ3) is 2.82. The number of hydrogen-bond acceptors (Lipinski definition) is 5. The third-order valence-corrected chi connectivity index (χ3v) is 3.49. The number of fused-ring (bicyclic) bond motifs is 1.